The van der Waals surface area contributed by atoms with Crippen LogP contribution in [0.25, 0.3) is 5.52 Å². The van der Waals surface area contributed by atoms with Gasteiger partial charge in [0.25, 0.3) is 0 Å². The number of aryl methyl sites for hydroxylation is 1. The third-order valence-electron chi connectivity index (χ3n) is 2.44. The Balaban J connectivity index is 2.88. The van der Waals surface area contributed by atoms with E-state index in [1.54, 1.807) is 0 Å². The molecule has 0 N–H and O–H groups in total. The van der Waals surface area contributed by atoms with Crippen LogP contribution >= 0.6 is 0 Å². The van der Waals surface area contributed by atoms with Gasteiger partial charge in [-0.3, -0.25) is 4.79 Å². The molecule has 0 bridgehead atoms. The SMILES string of the molecule is Cc1nc(C=O)c2c(N(C)C)cccn12. The molecule has 0 saturated heterocycles. The highest BCUT2D eigenvalue weighted by molar-refractivity contribution is 5.91. The number of aldehydes is 1. The Morgan fingerprint density at radius 3 is 2.80 bits per heavy atom. The maximum absolute atomic E-state index is 10.9. The van der Waals surface area contributed by atoms with Gasteiger partial charge in [-0.2, -0.15) is 0 Å². The second-order valence-corrected chi connectivity index (χ2v) is 3.67. The zero-order chi connectivity index (χ0) is 11.0. The van der Waals surface area contributed by atoms with Crippen LogP contribution in [0.5, 0.6) is 0 Å². The van der Waals surface area contributed by atoms with Crippen molar-refractivity contribution in [3.8, 4) is 0 Å². The second-order valence-electron chi connectivity index (χ2n) is 3.67. The number of nitrogens with zero attached hydrogens (tertiary/aromatic N) is 3. The minimum Gasteiger partial charge on any atom is -0.376 e. The third-order valence-corrected chi connectivity index (χ3v) is 2.44. The summed E-state index contributed by atoms with van der Waals surface area (Å²) in [6.07, 6.45) is 2.72. The highest BCUT2D eigenvalue weighted by Gasteiger charge is 2.12. The van der Waals surface area contributed by atoms with Crippen LogP contribution < -0.4 is 4.90 Å². The Labute approximate surface area is 88.2 Å². The lowest BCUT2D eigenvalue weighted by Gasteiger charge is -2.14. The van der Waals surface area contributed by atoms with Crippen molar-refractivity contribution in [2.24, 2.45) is 0 Å². The largest absolute Gasteiger partial charge is 0.376 e. The van der Waals surface area contributed by atoms with Crippen LogP contribution in [0, 0.1) is 6.92 Å². The van der Waals surface area contributed by atoms with Gasteiger partial charge in [0.2, 0.25) is 0 Å². The molecule has 0 saturated carbocycles. The lowest BCUT2D eigenvalue weighted by Crippen LogP contribution is -2.10. The molecule has 4 heteroatoms. The Morgan fingerprint density at radius 1 is 1.47 bits per heavy atom. The summed E-state index contributed by atoms with van der Waals surface area (Å²) in [6, 6.07) is 3.93. The molecule has 0 aromatic carbocycles. The zero-order valence-electron chi connectivity index (χ0n) is 9.06. The number of anilines is 1. The fourth-order valence-electron chi connectivity index (χ4n) is 1.75. The predicted octanol–water partition coefficient (Wildman–Crippen LogP) is 1.52. The molecule has 2 rings (SSSR count). The third kappa shape index (κ3) is 1.38. The standard InChI is InChI=1S/C11H13N3O/c1-8-12-9(7-15)11-10(13(2)3)5-4-6-14(8)11/h4-7H,1-3H3. The number of rotatable bonds is 2. The van der Waals surface area contributed by atoms with Gasteiger partial charge in [0.1, 0.15) is 11.5 Å². The summed E-state index contributed by atoms with van der Waals surface area (Å²) < 4.78 is 1.93. The first-order valence-corrected chi connectivity index (χ1v) is 4.75. The maximum Gasteiger partial charge on any atom is 0.170 e. The quantitative estimate of drug-likeness (QED) is 0.694. The number of hydrogen-bond acceptors (Lipinski definition) is 3. The maximum atomic E-state index is 10.9. The average molecular weight is 203 g/mol. The van der Waals surface area contributed by atoms with E-state index in [1.807, 2.05) is 48.6 Å². The van der Waals surface area contributed by atoms with Crippen molar-refractivity contribution in [2.75, 3.05) is 19.0 Å². The molecule has 0 spiro atoms. The Bertz CT molecular complexity index is 514. The fraction of sp³-hybridized carbons (Fsp3) is 0.273. The van der Waals surface area contributed by atoms with Gasteiger partial charge >= 0.3 is 0 Å². The fourth-order valence-corrected chi connectivity index (χ4v) is 1.75. The van der Waals surface area contributed by atoms with Crippen LogP contribution in [0.3, 0.4) is 0 Å². The molecule has 2 aromatic heterocycles. The molecule has 0 aliphatic heterocycles. The summed E-state index contributed by atoms with van der Waals surface area (Å²) in [6.45, 7) is 1.89. The Morgan fingerprint density at radius 2 is 2.20 bits per heavy atom. The lowest BCUT2D eigenvalue weighted by molar-refractivity contribution is 0.112. The predicted molar refractivity (Wildman–Crippen MR) is 59.6 cm³/mol. The van der Waals surface area contributed by atoms with Crippen molar-refractivity contribution in [3.63, 3.8) is 0 Å². The first-order valence-electron chi connectivity index (χ1n) is 4.75. The normalized spacial score (nSPS) is 10.6. The molecule has 0 atom stereocenters. The van der Waals surface area contributed by atoms with E-state index in [0.29, 0.717) is 5.69 Å². The number of carbonyl (C=O) groups is 1. The Kier molecular flexibility index (Phi) is 2.19. The molecular weight excluding hydrogens is 190 g/mol. The molecule has 15 heavy (non-hydrogen) atoms. The van der Waals surface area contributed by atoms with Crippen molar-refractivity contribution in [1.29, 1.82) is 0 Å². The summed E-state index contributed by atoms with van der Waals surface area (Å²) in [5.41, 5.74) is 2.37. The van der Waals surface area contributed by atoms with Crippen LogP contribution in [0.2, 0.25) is 0 Å². The van der Waals surface area contributed by atoms with Crippen molar-refractivity contribution >= 4 is 17.5 Å². The van der Waals surface area contributed by atoms with Crippen molar-refractivity contribution in [2.45, 2.75) is 6.92 Å². The average Bonchev–Trinajstić information content (AvgIpc) is 2.55. The van der Waals surface area contributed by atoms with Gasteiger partial charge in [-0.15, -0.1) is 0 Å². The lowest BCUT2D eigenvalue weighted by atomic mass is 10.3. The van der Waals surface area contributed by atoms with E-state index >= 15 is 0 Å². The molecule has 2 aromatic rings. The van der Waals surface area contributed by atoms with E-state index in [2.05, 4.69) is 4.98 Å². The van der Waals surface area contributed by atoms with Gasteiger partial charge in [-0.05, 0) is 19.1 Å². The molecule has 78 valence electrons. The van der Waals surface area contributed by atoms with Crippen molar-refractivity contribution in [3.05, 3.63) is 29.8 Å². The number of aromatic nitrogens is 2. The van der Waals surface area contributed by atoms with Gasteiger partial charge < -0.3 is 9.30 Å². The smallest absolute Gasteiger partial charge is 0.170 e. The summed E-state index contributed by atoms with van der Waals surface area (Å²) in [4.78, 5) is 17.1. The molecule has 0 unspecified atom stereocenters. The van der Waals surface area contributed by atoms with Gasteiger partial charge in [0.05, 0.1) is 11.2 Å². The summed E-state index contributed by atoms with van der Waals surface area (Å²) >= 11 is 0. The van der Waals surface area contributed by atoms with E-state index in [4.69, 9.17) is 0 Å². The molecule has 0 amide bonds. The number of hydrogen-bond donors (Lipinski definition) is 0. The van der Waals surface area contributed by atoms with E-state index < -0.39 is 0 Å². The van der Waals surface area contributed by atoms with E-state index in [-0.39, 0.29) is 0 Å². The monoisotopic (exact) mass is 203 g/mol. The second kappa shape index (κ2) is 3.38. The van der Waals surface area contributed by atoms with Crippen LogP contribution in [0.1, 0.15) is 16.3 Å². The highest BCUT2D eigenvalue weighted by atomic mass is 16.1. The van der Waals surface area contributed by atoms with Crippen LogP contribution in [0.4, 0.5) is 5.69 Å². The van der Waals surface area contributed by atoms with Crippen LogP contribution in [-0.4, -0.2) is 29.8 Å². The minimum atomic E-state index is 0.497. The Hall–Kier alpha value is -1.84. The molecule has 0 radical (unpaired) electrons. The van der Waals surface area contributed by atoms with E-state index in [9.17, 15) is 4.79 Å². The van der Waals surface area contributed by atoms with Crippen molar-refractivity contribution < 1.29 is 4.79 Å². The van der Waals surface area contributed by atoms with Gasteiger partial charge in [0, 0.05) is 20.3 Å². The van der Waals surface area contributed by atoms with E-state index in [1.165, 1.54) is 0 Å². The molecular formula is C11H13N3O. The molecule has 0 aliphatic carbocycles. The minimum absolute atomic E-state index is 0.497. The van der Waals surface area contributed by atoms with Crippen LogP contribution in [-0.2, 0) is 0 Å². The number of pyridine rings is 1. The summed E-state index contributed by atoms with van der Waals surface area (Å²) in [5, 5.41) is 0. The topological polar surface area (TPSA) is 37.6 Å². The highest BCUT2D eigenvalue weighted by Crippen LogP contribution is 2.23. The zero-order valence-corrected chi connectivity index (χ0v) is 9.06. The molecule has 0 aliphatic rings. The van der Waals surface area contributed by atoms with Crippen molar-refractivity contribution in [1.82, 2.24) is 9.38 Å². The number of imidazole rings is 1. The van der Waals surface area contributed by atoms with Gasteiger partial charge in [-0.25, -0.2) is 4.98 Å². The van der Waals surface area contributed by atoms with Gasteiger partial charge in [-0.1, -0.05) is 0 Å². The summed E-state index contributed by atoms with van der Waals surface area (Å²) in [7, 11) is 3.90. The molecule has 2 heterocycles. The first-order chi connectivity index (χ1) is 7.15. The molecule has 0 fully saturated rings. The number of carbonyl (C=O) groups excluding carboxylic acids is 1. The van der Waals surface area contributed by atoms with Gasteiger partial charge in [0.15, 0.2) is 6.29 Å². The summed E-state index contributed by atoms with van der Waals surface area (Å²) in [5.74, 6) is 0.829. The number of fused-ring (bicyclic) bond motifs is 1. The first kappa shape index (κ1) is 9.71. The molecule has 4 nitrogen and oxygen atoms in total. The van der Waals surface area contributed by atoms with E-state index in [0.717, 1.165) is 23.3 Å². The van der Waals surface area contributed by atoms with Crippen LogP contribution in [0.15, 0.2) is 18.3 Å².